The van der Waals surface area contributed by atoms with E-state index in [1.807, 2.05) is 0 Å². The van der Waals surface area contributed by atoms with Gasteiger partial charge >= 0.3 is 12.0 Å². The number of hydrogen-bond acceptors (Lipinski definition) is 2. The number of halogens is 2. The van der Waals surface area contributed by atoms with Crippen molar-refractivity contribution in [1.82, 2.24) is 5.32 Å². The number of carboxylic acid groups (broad SMARTS) is 1. The van der Waals surface area contributed by atoms with Crippen LogP contribution in [0.3, 0.4) is 0 Å². The zero-order valence-electron chi connectivity index (χ0n) is 13.8. The Morgan fingerprint density at radius 1 is 1.23 bits per heavy atom. The lowest BCUT2D eigenvalue weighted by Crippen LogP contribution is -2.57. The molecular weight excluding hydrogens is 359 g/mol. The third-order valence-corrected chi connectivity index (χ3v) is 5.17. The first-order valence-electron chi connectivity index (χ1n) is 8.20. The monoisotopic (exact) mass is 376 g/mol. The summed E-state index contributed by atoms with van der Waals surface area (Å²) >= 11 is 6.14. The Hall–Kier alpha value is -2.60. The molecule has 0 bridgehead atoms. The fraction of sp³-hybridized carbons (Fsp3) is 0.263. The summed E-state index contributed by atoms with van der Waals surface area (Å²) in [6, 6.07) is 10.2. The van der Waals surface area contributed by atoms with E-state index in [-0.39, 0.29) is 12.2 Å². The van der Waals surface area contributed by atoms with E-state index in [4.69, 9.17) is 17.3 Å². The number of amides is 2. The molecule has 2 unspecified atom stereocenters. The van der Waals surface area contributed by atoms with Crippen LogP contribution in [0, 0.1) is 5.82 Å². The molecule has 0 aromatic heterocycles. The molecule has 2 amide bonds. The summed E-state index contributed by atoms with van der Waals surface area (Å²) in [7, 11) is 0. The van der Waals surface area contributed by atoms with E-state index in [0.717, 1.165) is 5.56 Å². The molecule has 5 nitrogen and oxygen atoms in total. The largest absolute Gasteiger partial charge is 0.479 e. The molecule has 4 N–H and O–H groups in total. The maximum absolute atomic E-state index is 13.3. The molecule has 0 aliphatic heterocycles. The first-order valence-corrected chi connectivity index (χ1v) is 8.58. The molecule has 0 radical (unpaired) electrons. The topological polar surface area (TPSA) is 92.4 Å². The molecule has 2 atom stereocenters. The van der Waals surface area contributed by atoms with Gasteiger partial charge in [-0.3, -0.25) is 0 Å². The van der Waals surface area contributed by atoms with Gasteiger partial charge < -0.3 is 16.2 Å². The van der Waals surface area contributed by atoms with Gasteiger partial charge in [-0.15, -0.1) is 0 Å². The van der Waals surface area contributed by atoms with Gasteiger partial charge in [-0.1, -0.05) is 29.8 Å². The highest BCUT2D eigenvalue weighted by molar-refractivity contribution is 6.30. The highest BCUT2D eigenvalue weighted by Crippen LogP contribution is 2.46. The van der Waals surface area contributed by atoms with Gasteiger partial charge in [0.25, 0.3) is 0 Å². The molecule has 136 valence electrons. The number of nitrogens with one attached hydrogen (secondary N) is 1. The van der Waals surface area contributed by atoms with Gasteiger partial charge in [-0.2, -0.15) is 0 Å². The van der Waals surface area contributed by atoms with Crippen LogP contribution in [0.15, 0.2) is 42.5 Å². The highest BCUT2D eigenvalue weighted by Gasteiger charge is 2.51. The van der Waals surface area contributed by atoms with E-state index in [9.17, 15) is 19.1 Å². The van der Waals surface area contributed by atoms with Gasteiger partial charge in [-0.25, -0.2) is 14.0 Å². The number of aliphatic carboxylic acids is 1. The maximum Gasteiger partial charge on any atom is 0.330 e. The van der Waals surface area contributed by atoms with Crippen molar-refractivity contribution < 1.29 is 19.1 Å². The molecule has 1 aliphatic carbocycles. The first kappa shape index (κ1) is 18.2. The lowest BCUT2D eigenvalue weighted by Gasteiger charge is -2.33. The van der Waals surface area contributed by atoms with Gasteiger partial charge in [0.15, 0.2) is 0 Å². The number of primary amides is 1. The van der Waals surface area contributed by atoms with Gasteiger partial charge in [0.1, 0.15) is 11.4 Å². The minimum Gasteiger partial charge on any atom is -0.479 e. The van der Waals surface area contributed by atoms with Crippen LogP contribution in [-0.4, -0.2) is 22.6 Å². The molecule has 1 saturated carbocycles. The van der Waals surface area contributed by atoms with Crippen molar-refractivity contribution in [2.24, 2.45) is 5.73 Å². The molecule has 0 saturated heterocycles. The van der Waals surface area contributed by atoms with E-state index in [1.54, 1.807) is 30.3 Å². The predicted octanol–water partition coefficient (Wildman–Crippen LogP) is 3.91. The van der Waals surface area contributed by atoms with Gasteiger partial charge in [-0.05, 0) is 60.2 Å². The minimum absolute atomic E-state index is 0.279. The normalized spacial score (nSPS) is 22.2. The van der Waals surface area contributed by atoms with Crippen LogP contribution >= 0.6 is 11.6 Å². The number of hydrogen-bond donors (Lipinski definition) is 3. The van der Waals surface area contributed by atoms with Crippen molar-refractivity contribution in [2.45, 2.75) is 30.7 Å². The second kappa shape index (κ2) is 6.96. The summed E-state index contributed by atoms with van der Waals surface area (Å²) in [4.78, 5) is 23.5. The summed E-state index contributed by atoms with van der Waals surface area (Å²) in [5.74, 6) is -1.97. The third kappa shape index (κ3) is 3.24. The van der Waals surface area contributed by atoms with Crippen molar-refractivity contribution >= 4 is 23.6 Å². The number of carbonyl (C=O) groups is 2. The van der Waals surface area contributed by atoms with Crippen LogP contribution in [0.2, 0.25) is 5.02 Å². The second-order valence-corrected chi connectivity index (χ2v) is 6.89. The number of carboxylic acids is 1. The van der Waals surface area contributed by atoms with Crippen LogP contribution in [0.1, 0.15) is 30.7 Å². The molecule has 7 heteroatoms. The van der Waals surface area contributed by atoms with Crippen molar-refractivity contribution in [3.8, 4) is 11.1 Å². The number of rotatable bonds is 4. The Balaban J connectivity index is 2.15. The van der Waals surface area contributed by atoms with Crippen LogP contribution in [0.4, 0.5) is 9.18 Å². The van der Waals surface area contributed by atoms with Crippen LogP contribution in [0.5, 0.6) is 0 Å². The van der Waals surface area contributed by atoms with Gasteiger partial charge in [0.05, 0.1) is 0 Å². The molecule has 2 aromatic rings. The molecule has 1 fully saturated rings. The quantitative estimate of drug-likeness (QED) is 0.755. The summed E-state index contributed by atoms with van der Waals surface area (Å²) < 4.78 is 13.3. The van der Waals surface area contributed by atoms with E-state index in [1.165, 1.54) is 12.1 Å². The molecule has 1 aliphatic rings. The Labute approximate surface area is 155 Å². The summed E-state index contributed by atoms with van der Waals surface area (Å²) in [6.45, 7) is 0. The molecular formula is C19H18ClFN2O3. The predicted molar refractivity (Wildman–Crippen MR) is 96.5 cm³/mol. The number of nitrogens with two attached hydrogens (primary N) is 1. The van der Waals surface area contributed by atoms with Crippen molar-refractivity contribution in [1.29, 1.82) is 0 Å². The lowest BCUT2D eigenvalue weighted by atomic mass is 9.79. The Morgan fingerprint density at radius 3 is 2.54 bits per heavy atom. The van der Waals surface area contributed by atoms with E-state index >= 15 is 0 Å². The first-order chi connectivity index (χ1) is 12.3. The molecule has 26 heavy (non-hydrogen) atoms. The number of carbonyl (C=O) groups excluding carboxylic acids is 1. The summed E-state index contributed by atoms with van der Waals surface area (Å²) in [5.41, 5.74) is 5.93. The van der Waals surface area contributed by atoms with E-state index in [2.05, 4.69) is 5.32 Å². The fourth-order valence-electron chi connectivity index (χ4n) is 3.82. The molecule has 3 rings (SSSR count). The number of benzene rings is 2. The standard InChI is InChI=1S/C19H18ClFN2O3/c20-12-5-8-14(15(10-12)11-3-6-13(21)7-4-11)16-2-1-9-19(16,17(24)25)23-18(22)26/h3-8,10,16H,1-2,9H2,(H,24,25)(H3,22,23,26). The average molecular weight is 377 g/mol. The number of urea groups is 1. The van der Waals surface area contributed by atoms with Gasteiger partial charge in [0, 0.05) is 10.9 Å². The fourth-order valence-corrected chi connectivity index (χ4v) is 3.99. The molecule has 0 heterocycles. The Morgan fingerprint density at radius 2 is 1.92 bits per heavy atom. The smallest absolute Gasteiger partial charge is 0.330 e. The Kier molecular flexibility index (Phi) is 4.87. The van der Waals surface area contributed by atoms with Crippen molar-refractivity contribution in [2.75, 3.05) is 0 Å². The van der Waals surface area contributed by atoms with Crippen molar-refractivity contribution in [3.63, 3.8) is 0 Å². The maximum atomic E-state index is 13.3. The minimum atomic E-state index is -1.48. The summed E-state index contributed by atoms with van der Waals surface area (Å²) in [6.07, 6.45) is 1.48. The molecule has 0 spiro atoms. The third-order valence-electron chi connectivity index (χ3n) is 4.93. The lowest BCUT2D eigenvalue weighted by molar-refractivity contribution is -0.144. The van der Waals surface area contributed by atoms with E-state index < -0.39 is 23.5 Å². The zero-order valence-corrected chi connectivity index (χ0v) is 14.6. The SMILES string of the molecule is NC(=O)NC1(C(=O)O)CCCC1c1ccc(Cl)cc1-c1ccc(F)cc1. The highest BCUT2D eigenvalue weighted by atomic mass is 35.5. The van der Waals surface area contributed by atoms with Crippen LogP contribution < -0.4 is 11.1 Å². The van der Waals surface area contributed by atoms with Crippen molar-refractivity contribution in [3.05, 3.63) is 58.9 Å². The zero-order chi connectivity index (χ0) is 18.9. The van der Waals surface area contributed by atoms with Gasteiger partial charge in [0.2, 0.25) is 0 Å². The molecule has 2 aromatic carbocycles. The van der Waals surface area contributed by atoms with Crippen LogP contribution in [-0.2, 0) is 4.79 Å². The second-order valence-electron chi connectivity index (χ2n) is 6.45. The summed E-state index contributed by atoms with van der Waals surface area (Å²) in [5, 5.41) is 12.8. The van der Waals surface area contributed by atoms with Crippen LogP contribution in [0.25, 0.3) is 11.1 Å². The van der Waals surface area contributed by atoms with E-state index in [0.29, 0.717) is 29.0 Å². The Bertz CT molecular complexity index is 856. The average Bonchev–Trinajstić information content (AvgIpc) is 2.99.